The molecule has 0 bridgehead atoms. The Morgan fingerprint density at radius 2 is 2.06 bits per heavy atom. The second kappa shape index (κ2) is 5.23. The Hall–Kier alpha value is -0.800. The van der Waals surface area contributed by atoms with E-state index in [1.165, 1.54) is 5.69 Å². The summed E-state index contributed by atoms with van der Waals surface area (Å²) in [4.78, 5) is 0. The molecule has 0 atom stereocenters. The van der Waals surface area contributed by atoms with Gasteiger partial charge >= 0.3 is 0 Å². The maximum Gasteiger partial charge on any atom is 0.0790 e. The van der Waals surface area contributed by atoms with Gasteiger partial charge in [-0.2, -0.15) is 5.10 Å². The number of halogens is 2. The van der Waals surface area contributed by atoms with Crippen molar-refractivity contribution in [3.8, 4) is 5.69 Å². The first kappa shape index (κ1) is 12.7. The van der Waals surface area contributed by atoms with Crippen LogP contribution in [0.4, 0.5) is 0 Å². The lowest BCUT2D eigenvalue weighted by atomic mass is 10.1. The van der Waals surface area contributed by atoms with Crippen LogP contribution >= 0.6 is 27.5 Å². The van der Waals surface area contributed by atoms with Gasteiger partial charge in [-0.3, -0.25) is 0 Å². The summed E-state index contributed by atoms with van der Waals surface area (Å²) in [7, 11) is 0. The molecule has 0 fully saturated rings. The molecular weight excluding hydrogens is 300 g/mol. The van der Waals surface area contributed by atoms with E-state index in [2.05, 4.69) is 34.9 Å². The molecule has 0 saturated heterocycles. The van der Waals surface area contributed by atoms with Crippen LogP contribution in [0.1, 0.15) is 31.0 Å². The second-order valence-electron chi connectivity index (χ2n) is 4.21. The summed E-state index contributed by atoms with van der Waals surface area (Å²) in [5, 5.41) is 4.44. The topological polar surface area (TPSA) is 17.8 Å². The average molecular weight is 314 g/mol. The van der Waals surface area contributed by atoms with Gasteiger partial charge in [0.15, 0.2) is 0 Å². The lowest BCUT2D eigenvalue weighted by Gasteiger charge is -2.13. The fourth-order valence-corrected chi connectivity index (χ4v) is 2.58. The number of hydrogen-bond acceptors (Lipinski definition) is 1. The van der Waals surface area contributed by atoms with Crippen molar-refractivity contribution < 1.29 is 0 Å². The molecule has 17 heavy (non-hydrogen) atoms. The van der Waals surface area contributed by atoms with Crippen molar-refractivity contribution in [1.29, 1.82) is 0 Å². The maximum absolute atomic E-state index is 5.95. The standard InChI is InChI=1S/C13H14BrClN2/c1-9(2)13-10(7-15)8-16-17(13)12-6-4-3-5-11(12)14/h3-6,8-9H,7H2,1-2H3. The summed E-state index contributed by atoms with van der Waals surface area (Å²) in [6.45, 7) is 4.31. The molecule has 0 saturated carbocycles. The lowest BCUT2D eigenvalue weighted by molar-refractivity contribution is 0.728. The van der Waals surface area contributed by atoms with Gasteiger partial charge in [0.2, 0.25) is 0 Å². The van der Waals surface area contributed by atoms with Gasteiger partial charge in [-0.1, -0.05) is 26.0 Å². The van der Waals surface area contributed by atoms with Crippen molar-refractivity contribution in [2.75, 3.05) is 0 Å². The number of aromatic nitrogens is 2. The number of para-hydroxylation sites is 1. The first-order chi connectivity index (χ1) is 8.15. The van der Waals surface area contributed by atoms with E-state index in [9.17, 15) is 0 Å². The van der Waals surface area contributed by atoms with Crippen LogP contribution in [-0.4, -0.2) is 9.78 Å². The van der Waals surface area contributed by atoms with E-state index in [0.717, 1.165) is 15.7 Å². The van der Waals surface area contributed by atoms with E-state index in [1.54, 1.807) is 0 Å². The quantitative estimate of drug-likeness (QED) is 0.763. The normalized spacial score (nSPS) is 11.1. The zero-order chi connectivity index (χ0) is 12.4. The molecule has 1 aromatic carbocycles. The molecular formula is C13H14BrClN2. The summed E-state index contributed by atoms with van der Waals surface area (Å²) < 4.78 is 3.00. The fraction of sp³-hybridized carbons (Fsp3) is 0.308. The van der Waals surface area contributed by atoms with Crippen LogP contribution in [0.15, 0.2) is 34.9 Å². The minimum atomic E-state index is 0.387. The molecule has 0 aliphatic carbocycles. The Labute approximate surface area is 115 Å². The lowest BCUT2D eigenvalue weighted by Crippen LogP contribution is -2.05. The molecule has 0 N–H and O–H groups in total. The summed E-state index contributed by atoms with van der Waals surface area (Å²) in [6.07, 6.45) is 1.85. The van der Waals surface area contributed by atoms with Crippen LogP contribution < -0.4 is 0 Å². The Kier molecular flexibility index (Phi) is 3.89. The summed E-state index contributed by atoms with van der Waals surface area (Å²) in [5.74, 6) is 0.885. The van der Waals surface area contributed by atoms with E-state index in [-0.39, 0.29) is 0 Å². The van der Waals surface area contributed by atoms with Crippen molar-refractivity contribution in [3.63, 3.8) is 0 Å². The summed E-state index contributed by atoms with van der Waals surface area (Å²) >= 11 is 9.51. The summed E-state index contributed by atoms with van der Waals surface area (Å²) in [5.41, 5.74) is 3.32. The SMILES string of the molecule is CC(C)c1c(CCl)cnn1-c1ccccc1Br. The molecule has 0 unspecified atom stereocenters. The largest absolute Gasteiger partial charge is 0.236 e. The highest BCUT2D eigenvalue weighted by Crippen LogP contribution is 2.27. The molecule has 90 valence electrons. The third kappa shape index (κ3) is 2.40. The average Bonchev–Trinajstić information content (AvgIpc) is 2.73. The number of benzene rings is 1. The van der Waals surface area contributed by atoms with Crippen LogP contribution in [0, 0.1) is 0 Å². The summed E-state index contributed by atoms with van der Waals surface area (Å²) in [6, 6.07) is 8.06. The van der Waals surface area contributed by atoms with E-state index in [0.29, 0.717) is 11.8 Å². The molecule has 0 aliphatic rings. The smallest absolute Gasteiger partial charge is 0.0790 e. The molecule has 1 heterocycles. The van der Waals surface area contributed by atoms with E-state index in [1.807, 2.05) is 35.1 Å². The number of rotatable bonds is 3. The van der Waals surface area contributed by atoms with Crippen molar-refractivity contribution in [1.82, 2.24) is 9.78 Å². The molecule has 2 aromatic rings. The predicted molar refractivity (Wildman–Crippen MR) is 74.9 cm³/mol. The Morgan fingerprint density at radius 1 is 1.35 bits per heavy atom. The van der Waals surface area contributed by atoms with Crippen LogP contribution in [-0.2, 0) is 5.88 Å². The molecule has 0 aliphatic heterocycles. The minimum absolute atomic E-state index is 0.387. The fourth-order valence-electron chi connectivity index (χ4n) is 1.93. The highest BCUT2D eigenvalue weighted by Gasteiger charge is 2.15. The van der Waals surface area contributed by atoms with Gasteiger partial charge < -0.3 is 0 Å². The molecule has 4 heteroatoms. The van der Waals surface area contributed by atoms with Gasteiger partial charge in [0, 0.05) is 10.0 Å². The van der Waals surface area contributed by atoms with Gasteiger partial charge in [0.25, 0.3) is 0 Å². The first-order valence-corrected chi connectivity index (χ1v) is 6.85. The zero-order valence-electron chi connectivity index (χ0n) is 9.82. The Morgan fingerprint density at radius 3 is 2.65 bits per heavy atom. The highest BCUT2D eigenvalue weighted by atomic mass is 79.9. The third-order valence-electron chi connectivity index (χ3n) is 2.66. The van der Waals surface area contributed by atoms with Crippen LogP contribution in [0.25, 0.3) is 5.69 Å². The molecule has 2 rings (SSSR count). The molecule has 1 aromatic heterocycles. The zero-order valence-corrected chi connectivity index (χ0v) is 12.2. The van der Waals surface area contributed by atoms with Crippen molar-refractivity contribution in [3.05, 3.63) is 46.2 Å². The maximum atomic E-state index is 5.95. The van der Waals surface area contributed by atoms with Gasteiger partial charge in [-0.15, -0.1) is 11.6 Å². The molecule has 0 radical (unpaired) electrons. The van der Waals surface area contributed by atoms with E-state index in [4.69, 9.17) is 11.6 Å². The van der Waals surface area contributed by atoms with Crippen molar-refractivity contribution in [2.45, 2.75) is 25.6 Å². The van der Waals surface area contributed by atoms with E-state index >= 15 is 0 Å². The number of hydrogen-bond donors (Lipinski definition) is 0. The van der Waals surface area contributed by atoms with Gasteiger partial charge in [0.05, 0.1) is 23.5 Å². The second-order valence-corrected chi connectivity index (χ2v) is 5.33. The van der Waals surface area contributed by atoms with E-state index < -0.39 is 0 Å². The predicted octanol–water partition coefficient (Wildman–Crippen LogP) is 4.50. The molecule has 2 nitrogen and oxygen atoms in total. The van der Waals surface area contributed by atoms with Crippen molar-refractivity contribution >= 4 is 27.5 Å². The monoisotopic (exact) mass is 312 g/mol. The minimum Gasteiger partial charge on any atom is -0.236 e. The first-order valence-electron chi connectivity index (χ1n) is 5.52. The van der Waals surface area contributed by atoms with Gasteiger partial charge in [-0.25, -0.2) is 4.68 Å². The molecule has 0 spiro atoms. The highest BCUT2D eigenvalue weighted by molar-refractivity contribution is 9.10. The molecule has 0 amide bonds. The Bertz CT molecular complexity index is 520. The Balaban J connectivity index is 2.60. The van der Waals surface area contributed by atoms with Gasteiger partial charge in [-0.05, 0) is 34.0 Å². The van der Waals surface area contributed by atoms with Crippen LogP contribution in [0.5, 0.6) is 0 Å². The van der Waals surface area contributed by atoms with Crippen LogP contribution in [0.3, 0.4) is 0 Å². The van der Waals surface area contributed by atoms with Crippen LogP contribution in [0.2, 0.25) is 0 Å². The van der Waals surface area contributed by atoms with Gasteiger partial charge in [0.1, 0.15) is 0 Å². The number of alkyl halides is 1. The third-order valence-corrected chi connectivity index (χ3v) is 3.62. The van der Waals surface area contributed by atoms with Crippen molar-refractivity contribution in [2.24, 2.45) is 0 Å². The number of nitrogens with zero attached hydrogens (tertiary/aromatic N) is 2.